The van der Waals surface area contributed by atoms with Gasteiger partial charge in [0.1, 0.15) is 18.1 Å². The Labute approximate surface area is 121 Å². The second-order valence-corrected chi connectivity index (χ2v) is 5.24. The molecular formula is C16H25NO3. The van der Waals surface area contributed by atoms with Gasteiger partial charge in [-0.3, -0.25) is 4.90 Å². The van der Waals surface area contributed by atoms with Gasteiger partial charge in [0.15, 0.2) is 0 Å². The van der Waals surface area contributed by atoms with E-state index in [4.69, 9.17) is 9.47 Å². The zero-order chi connectivity index (χ0) is 14.2. The van der Waals surface area contributed by atoms with Crippen LogP contribution in [0.4, 0.5) is 0 Å². The summed E-state index contributed by atoms with van der Waals surface area (Å²) in [6.45, 7) is 6.38. The molecule has 0 amide bonds. The predicted octanol–water partition coefficient (Wildman–Crippen LogP) is 2.31. The molecule has 0 saturated carbocycles. The number of piperidine rings is 1. The summed E-state index contributed by atoms with van der Waals surface area (Å²) in [6.07, 6.45) is 2.67. The monoisotopic (exact) mass is 279 g/mol. The molecule has 4 heteroatoms. The highest BCUT2D eigenvalue weighted by Crippen LogP contribution is 2.18. The minimum atomic E-state index is -0.108. The van der Waals surface area contributed by atoms with Crippen molar-refractivity contribution < 1.29 is 14.6 Å². The van der Waals surface area contributed by atoms with Crippen LogP contribution in [0, 0.1) is 0 Å². The first-order valence-corrected chi connectivity index (χ1v) is 7.54. The Morgan fingerprint density at radius 2 is 1.60 bits per heavy atom. The third kappa shape index (κ3) is 5.02. The van der Waals surface area contributed by atoms with E-state index in [0.717, 1.165) is 57.0 Å². The Hall–Kier alpha value is -1.26. The molecule has 4 nitrogen and oxygen atoms in total. The second kappa shape index (κ2) is 8.12. The zero-order valence-corrected chi connectivity index (χ0v) is 12.3. The van der Waals surface area contributed by atoms with Crippen molar-refractivity contribution in [3.8, 4) is 11.5 Å². The number of benzene rings is 1. The van der Waals surface area contributed by atoms with E-state index in [1.54, 1.807) is 0 Å². The Kier molecular flexibility index (Phi) is 6.15. The van der Waals surface area contributed by atoms with Crippen LogP contribution >= 0.6 is 0 Å². The van der Waals surface area contributed by atoms with Gasteiger partial charge in [-0.05, 0) is 43.5 Å². The second-order valence-electron chi connectivity index (χ2n) is 5.24. The molecule has 2 rings (SSSR count). The van der Waals surface area contributed by atoms with E-state index in [-0.39, 0.29) is 6.10 Å². The van der Waals surface area contributed by atoms with E-state index in [9.17, 15) is 5.11 Å². The number of aliphatic hydroxyl groups excluding tert-OH is 1. The first-order chi connectivity index (χ1) is 9.78. The molecule has 1 saturated heterocycles. The maximum absolute atomic E-state index is 9.45. The highest BCUT2D eigenvalue weighted by molar-refractivity contribution is 5.31. The highest BCUT2D eigenvalue weighted by Gasteiger charge is 2.16. The first-order valence-electron chi connectivity index (χ1n) is 7.54. The van der Waals surface area contributed by atoms with Crippen LogP contribution in [-0.4, -0.2) is 49.0 Å². The number of hydrogen-bond donors (Lipinski definition) is 1. The van der Waals surface area contributed by atoms with Gasteiger partial charge in [0.25, 0.3) is 0 Å². The molecule has 112 valence electrons. The maximum Gasteiger partial charge on any atom is 0.119 e. The quantitative estimate of drug-likeness (QED) is 0.831. The lowest BCUT2D eigenvalue weighted by Crippen LogP contribution is -2.38. The van der Waals surface area contributed by atoms with Crippen LogP contribution in [0.5, 0.6) is 11.5 Å². The molecule has 0 aliphatic carbocycles. The standard InChI is InChI=1S/C16H25NO3/c1-2-12-19-15-3-5-16(6-4-15)20-13-11-17-9-7-14(18)8-10-17/h3-6,14,18H,2,7-13H2,1H3. The fraction of sp³-hybridized carbons (Fsp3) is 0.625. The summed E-state index contributed by atoms with van der Waals surface area (Å²) >= 11 is 0. The van der Waals surface area contributed by atoms with Gasteiger partial charge in [-0.1, -0.05) is 6.92 Å². The molecule has 1 aromatic carbocycles. The van der Waals surface area contributed by atoms with Gasteiger partial charge in [-0.15, -0.1) is 0 Å². The fourth-order valence-corrected chi connectivity index (χ4v) is 2.29. The smallest absolute Gasteiger partial charge is 0.119 e. The van der Waals surface area contributed by atoms with Crippen molar-refractivity contribution in [3.05, 3.63) is 24.3 Å². The van der Waals surface area contributed by atoms with Crippen LogP contribution < -0.4 is 9.47 Å². The summed E-state index contributed by atoms with van der Waals surface area (Å²) in [6, 6.07) is 7.79. The molecule has 0 radical (unpaired) electrons. The Bertz CT molecular complexity index is 372. The zero-order valence-electron chi connectivity index (χ0n) is 12.3. The van der Waals surface area contributed by atoms with Crippen molar-refractivity contribution in [3.63, 3.8) is 0 Å². The number of likely N-dealkylation sites (tertiary alicyclic amines) is 1. The van der Waals surface area contributed by atoms with E-state index >= 15 is 0 Å². The molecule has 0 unspecified atom stereocenters. The van der Waals surface area contributed by atoms with E-state index < -0.39 is 0 Å². The average Bonchev–Trinajstić information content (AvgIpc) is 2.48. The van der Waals surface area contributed by atoms with Crippen LogP contribution in [-0.2, 0) is 0 Å². The fourth-order valence-electron chi connectivity index (χ4n) is 2.29. The lowest BCUT2D eigenvalue weighted by atomic mass is 10.1. The summed E-state index contributed by atoms with van der Waals surface area (Å²) in [7, 11) is 0. The lowest BCUT2D eigenvalue weighted by molar-refractivity contribution is 0.0755. The third-order valence-electron chi connectivity index (χ3n) is 3.53. The van der Waals surface area contributed by atoms with Gasteiger partial charge < -0.3 is 14.6 Å². The summed E-state index contributed by atoms with van der Waals surface area (Å²) in [5.74, 6) is 1.77. The van der Waals surface area contributed by atoms with Gasteiger partial charge in [0.05, 0.1) is 12.7 Å². The largest absolute Gasteiger partial charge is 0.494 e. The van der Waals surface area contributed by atoms with Crippen LogP contribution in [0.25, 0.3) is 0 Å². The van der Waals surface area contributed by atoms with Gasteiger partial charge in [-0.2, -0.15) is 0 Å². The molecule has 0 aromatic heterocycles. The number of ether oxygens (including phenoxy) is 2. The van der Waals surface area contributed by atoms with Gasteiger partial charge in [0.2, 0.25) is 0 Å². The van der Waals surface area contributed by atoms with E-state index in [0.29, 0.717) is 6.61 Å². The molecule has 1 fully saturated rings. The van der Waals surface area contributed by atoms with Crippen molar-refractivity contribution in [2.24, 2.45) is 0 Å². The molecule has 1 aliphatic rings. The van der Waals surface area contributed by atoms with E-state index in [1.807, 2.05) is 24.3 Å². The summed E-state index contributed by atoms with van der Waals surface area (Å²) in [5.41, 5.74) is 0. The number of hydrogen-bond acceptors (Lipinski definition) is 4. The normalized spacial score (nSPS) is 17.1. The SMILES string of the molecule is CCCOc1ccc(OCCN2CCC(O)CC2)cc1. The summed E-state index contributed by atoms with van der Waals surface area (Å²) < 4.78 is 11.3. The van der Waals surface area contributed by atoms with Crippen molar-refractivity contribution in [1.82, 2.24) is 4.90 Å². The molecule has 0 spiro atoms. The van der Waals surface area contributed by atoms with Crippen LogP contribution in [0.3, 0.4) is 0 Å². The number of nitrogens with zero attached hydrogens (tertiary/aromatic N) is 1. The Balaban J connectivity index is 1.66. The van der Waals surface area contributed by atoms with Crippen LogP contribution in [0.2, 0.25) is 0 Å². The highest BCUT2D eigenvalue weighted by atomic mass is 16.5. The van der Waals surface area contributed by atoms with E-state index in [2.05, 4.69) is 11.8 Å². The predicted molar refractivity (Wildman–Crippen MR) is 79.4 cm³/mol. The van der Waals surface area contributed by atoms with Crippen molar-refractivity contribution in [2.45, 2.75) is 32.3 Å². The molecule has 0 atom stereocenters. The minimum absolute atomic E-state index is 0.108. The molecule has 1 N–H and O–H groups in total. The molecule has 20 heavy (non-hydrogen) atoms. The van der Waals surface area contributed by atoms with Gasteiger partial charge in [-0.25, -0.2) is 0 Å². The molecule has 0 bridgehead atoms. The summed E-state index contributed by atoms with van der Waals surface area (Å²) in [4.78, 5) is 2.34. The van der Waals surface area contributed by atoms with Gasteiger partial charge >= 0.3 is 0 Å². The molecular weight excluding hydrogens is 254 g/mol. The lowest BCUT2D eigenvalue weighted by Gasteiger charge is -2.29. The molecule has 1 aromatic rings. The van der Waals surface area contributed by atoms with Crippen molar-refractivity contribution in [2.75, 3.05) is 32.8 Å². The minimum Gasteiger partial charge on any atom is -0.494 e. The first kappa shape index (κ1) is 15.1. The Morgan fingerprint density at radius 3 is 2.15 bits per heavy atom. The number of aliphatic hydroxyl groups is 1. The maximum atomic E-state index is 9.45. The van der Waals surface area contributed by atoms with E-state index in [1.165, 1.54) is 0 Å². The van der Waals surface area contributed by atoms with Crippen molar-refractivity contribution >= 4 is 0 Å². The molecule has 1 aliphatic heterocycles. The summed E-state index contributed by atoms with van der Waals surface area (Å²) in [5, 5.41) is 9.45. The topological polar surface area (TPSA) is 41.9 Å². The van der Waals surface area contributed by atoms with Crippen molar-refractivity contribution in [1.29, 1.82) is 0 Å². The average molecular weight is 279 g/mol. The Morgan fingerprint density at radius 1 is 1.05 bits per heavy atom. The third-order valence-corrected chi connectivity index (χ3v) is 3.53. The number of rotatable bonds is 7. The van der Waals surface area contributed by atoms with Crippen LogP contribution in [0.1, 0.15) is 26.2 Å². The van der Waals surface area contributed by atoms with Gasteiger partial charge in [0, 0.05) is 19.6 Å². The van der Waals surface area contributed by atoms with Crippen LogP contribution in [0.15, 0.2) is 24.3 Å². The molecule has 1 heterocycles.